The lowest BCUT2D eigenvalue weighted by molar-refractivity contribution is 0.00255. The number of rotatable bonds is 21. The molecule has 4 aromatic rings. The largest absolute Gasteiger partial charge is 0.511 e. The molecule has 0 N–H and O–H groups in total. The number of ether oxygens (including phenoxy) is 3. The van der Waals surface area contributed by atoms with Gasteiger partial charge < -0.3 is 28.6 Å². The molecule has 0 amide bonds. The molecule has 51 heavy (non-hydrogen) atoms. The van der Waals surface area contributed by atoms with E-state index in [-0.39, 0.29) is 18.7 Å². The Balaban J connectivity index is 0.997. The molecule has 0 saturated carbocycles. The van der Waals surface area contributed by atoms with Gasteiger partial charge in [-0.15, -0.1) is 0 Å². The van der Waals surface area contributed by atoms with Crippen LogP contribution in [0.2, 0.25) is 0 Å². The molecule has 2 aromatic heterocycles. The molecule has 3 heterocycles. The van der Waals surface area contributed by atoms with Crippen LogP contribution in [0.5, 0.6) is 5.88 Å². The van der Waals surface area contributed by atoms with Crippen LogP contribution in [0.1, 0.15) is 102 Å². The average Bonchev–Trinajstić information content (AvgIpc) is 3.52. The van der Waals surface area contributed by atoms with Crippen molar-refractivity contribution in [1.82, 2.24) is 19.5 Å². The summed E-state index contributed by atoms with van der Waals surface area (Å²) in [4.78, 5) is 30.5. The standard InChI is InChI=1S/C40H55FN6O4/c1-3-4-5-6-7-8-9-10-11-12-13-16-29-49-40(48)51-31-50-37-23-26-42-38(44-37)45(2)34-24-27-46(28-25-34)39-43-35-17-14-15-18-36(35)47(39)30-32-19-21-33(41)22-20-32/h14-15,17-23,26,34H,3-13,16,24-25,27-31H2,1-2H3. The van der Waals surface area contributed by atoms with Gasteiger partial charge in [-0.25, -0.2) is 19.2 Å². The van der Waals surface area contributed by atoms with Gasteiger partial charge in [0.25, 0.3) is 0 Å². The number of nitrogens with zero attached hydrogens (tertiary/aromatic N) is 6. The highest BCUT2D eigenvalue weighted by molar-refractivity contribution is 5.79. The first-order chi connectivity index (χ1) is 25.0. The first-order valence-electron chi connectivity index (χ1n) is 18.9. The van der Waals surface area contributed by atoms with Crippen molar-refractivity contribution < 1.29 is 23.4 Å². The first-order valence-corrected chi connectivity index (χ1v) is 18.9. The summed E-state index contributed by atoms with van der Waals surface area (Å²) in [5.41, 5.74) is 3.01. The van der Waals surface area contributed by atoms with E-state index in [0.29, 0.717) is 25.0 Å². The summed E-state index contributed by atoms with van der Waals surface area (Å²) in [6.45, 7) is 4.56. The van der Waals surface area contributed by atoms with E-state index in [1.54, 1.807) is 12.3 Å². The molecule has 276 valence electrons. The van der Waals surface area contributed by atoms with Crippen LogP contribution in [0, 0.1) is 5.82 Å². The predicted molar refractivity (Wildman–Crippen MR) is 200 cm³/mol. The van der Waals surface area contributed by atoms with E-state index >= 15 is 0 Å². The van der Waals surface area contributed by atoms with Gasteiger partial charge in [-0.2, -0.15) is 4.98 Å². The molecule has 0 unspecified atom stereocenters. The number of aromatic nitrogens is 4. The number of carbonyl (C=O) groups is 1. The second kappa shape index (κ2) is 20.4. The van der Waals surface area contributed by atoms with Crippen molar-refractivity contribution in [3.8, 4) is 5.88 Å². The van der Waals surface area contributed by atoms with Crippen LogP contribution >= 0.6 is 0 Å². The minimum Gasteiger partial charge on any atom is -0.440 e. The number of fused-ring (bicyclic) bond motifs is 1. The Bertz CT molecular complexity index is 1610. The first kappa shape index (κ1) is 37.8. The number of hydrogen-bond acceptors (Lipinski definition) is 9. The Morgan fingerprint density at radius 2 is 1.51 bits per heavy atom. The number of hydrogen-bond donors (Lipinski definition) is 0. The minimum atomic E-state index is -0.734. The summed E-state index contributed by atoms with van der Waals surface area (Å²) in [5, 5.41) is 0. The Morgan fingerprint density at radius 1 is 0.843 bits per heavy atom. The molecule has 1 fully saturated rings. The number of unbranched alkanes of at least 4 members (excludes halogenated alkanes) is 11. The van der Waals surface area contributed by atoms with Gasteiger partial charge in [-0.1, -0.05) is 102 Å². The highest BCUT2D eigenvalue weighted by Gasteiger charge is 2.27. The molecule has 5 rings (SSSR count). The molecule has 11 heteroatoms. The number of benzene rings is 2. The van der Waals surface area contributed by atoms with Crippen molar-refractivity contribution in [2.45, 2.75) is 109 Å². The van der Waals surface area contributed by atoms with E-state index in [1.807, 2.05) is 37.4 Å². The molecule has 1 aliphatic rings. The SMILES string of the molecule is CCCCCCCCCCCCCCOC(=O)OCOc1ccnc(N(C)C2CCN(c3nc4ccccc4n3Cc3ccc(F)cc3)CC2)n1. The molecule has 0 atom stereocenters. The zero-order valence-electron chi connectivity index (χ0n) is 30.5. The van der Waals surface area contributed by atoms with E-state index in [0.717, 1.165) is 61.3 Å². The summed E-state index contributed by atoms with van der Waals surface area (Å²) < 4.78 is 31.7. The lowest BCUT2D eigenvalue weighted by Crippen LogP contribution is -2.44. The van der Waals surface area contributed by atoms with E-state index < -0.39 is 6.16 Å². The molecule has 0 radical (unpaired) electrons. The molecule has 10 nitrogen and oxygen atoms in total. The van der Waals surface area contributed by atoms with E-state index in [4.69, 9.17) is 19.2 Å². The number of carbonyl (C=O) groups excluding carboxylic acids is 1. The van der Waals surface area contributed by atoms with Gasteiger partial charge in [0, 0.05) is 38.4 Å². The highest BCUT2D eigenvalue weighted by Crippen LogP contribution is 2.28. The van der Waals surface area contributed by atoms with Crippen molar-refractivity contribution in [2.75, 3.05) is 43.3 Å². The summed E-state index contributed by atoms with van der Waals surface area (Å²) >= 11 is 0. The monoisotopic (exact) mass is 702 g/mol. The topological polar surface area (TPSA) is 94.8 Å². The van der Waals surface area contributed by atoms with E-state index in [2.05, 4.69) is 37.3 Å². The Labute approximate surface area is 302 Å². The number of anilines is 2. The molecular weight excluding hydrogens is 647 g/mol. The van der Waals surface area contributed by atoms with Gasteiger partial charge in [0.1, 0.15) is 5.82 Å². The predicted octanol–water partition coefficient (Wildman–Crippen LogP) is 9.31. The van der Waals surface area contributed by atoms with E-state index in [1.165, 1.54) is 76.3 Å². The van der Waals surface area contributed by atoms with Gasteiger partial charge >= 0.3 is 6.16 Å². The Kier molecular flexibility index (Phi) is 15.2. The van der Waals surface area contributed by atoms with Gasteiger partial charge in [-0.3, -0.25) is 0 Å². The van der Waals surface area contributed by atoms with Crippen molar-refractivity contribution in [3.05, 3.63) is 72.2 Å². The molecule has 1 aliphatic heterocycles. The van der Waals surface area contributed by atoms with Gasteiger partial charge in [0.2, 0.25) is 24.6 Å². The zero-order valence-corrected chi connectivity index (χ0v) is 30.5. The van der Waals surface area contributed by atoms with Gasteiger partial charge in [0.05, 0.1) is 24.2 Å². The molecule has 0 bridgehead atoms. The van der Waals surface area contributed by atoms with Crippen LogP contribution in [-0.4, -0.2) is 65.3 Å². The maximum Gasteiger partial charge on any atom is 0.511 e. The lowest BCUT2D eigenvalue weighted by Gasteiger charge is -2.37. The quantitative estimate of drug-likeness (QED) is 0.0478. The molecule has 0 aliphatic carbocycles. The normalized spacial score (nSPS) is 13.4. The summed E-state index contributed by atoms with van der Waals surface area (Å²) in [7, 11) is 1.99. The summed E-state index contributed by atoms with van der Waals surface area (Å²) in [6.07, 6.45) is 17.7. The number of imidazole rings is 1. The fourth-order valence-electron chi connectivity index (χ4n) is 6.71. The minimum absolute atomic E-state index is 0.220. The maximum atomic E-state index is 13.6. The molecule has 1 saturated heterocycles. The highest BCUT2D eigenvalue weighted by atomic mass is 19.1. The van der Waals surface area contributed by atoms with Crippen LogP contribution < -0.4 is 14.5 Å². The van der Waals surface area contributed by atoms with Crippen LogP contribution in [0.25, 0.3) is 11.0 Å². The van der Waals surface area contributed by atoms with Crippen LogP contribution in [0.4, 0.5) is 21.1 Å². The molecule has 2 aromatic carbocycles. The molecule has 0 spiro atoms. The van der Waals surface area contributed by atoms with Crippen LogP contribution in [0.15, 0.2) is 60.8 Å². The Morgan fingerprint density at radius 3 is 2.22 bits per heavy atom. The third kappa shape index (κ3) is 11.8. The van der Waals surface area contributed by atoms with E-state index in [9.17, 15) is 9.18 Å². The van der Waals surface area contributed by atoms with Gasteiger partial charge in [-0.05, 0) is 49.1 Å². The van der Waals surface area contributed by atoms with Crippen molar-refractivity contribution >= 4 is 29.1 Å². The second-order valence-electron chi connectivity index (χ2n) is 13.5. The van der Waals surface area contributed by atoms with Crippen molar-refractivity contribution in [1.29, 1.82) is 0 Å². The third-order valence-corrected chi connectivity index (χ3v) is 9.72. The van der Waals surface area contributed by atoms with Crippen molar-refractivity contribution in [3.63, 3.8) is 0 Å². The third-order valence-electron chi connectivity index (χ3n) is 9.72. The fraction of sp³-hybridized carbons (Fsp3) is 0.550. The summed E-state index contributed by atoms with van der Waals surface area (Å²) in [5.74, 6) is 1.55. The number of para-hydroxylation sites is 2. The lowest BCUT2D eigenvalue weighted by atomic mass is 10.0. The van der Waals surface area contributed by atoms with Crippen molar-refractivity contribution in [2.24, 2.45) is 0 Å². The zero-order chi connectivity index (χ0) is 35.7. The summed E-state index contributed by atoms with van der Waals surface area (Å²) in [6, 6.07) is 16.6. The smallest absolute Gasteiger partial charge is 0.440 e. The number of piperidine rings is 1. The number of halogens is 1. The maximum absolute atomic E-state index is 13.6. The molecular formula is C40H55FN6O4. The van der Waals surface area contributed by atoms with Crippen LogP contribution in [0.3, 0.4) is 0 Å². The van der Waals surface area contributed by atoms with Gasteiger partial charge in [0.15, 0.2) is 0 Å². The van der Waals surface area contributed by atoms with Crippen LogP contribution in [-0.2, 0) is 16.0 Å². The fourth-order valence-corrected chi connectivity index (χ4v) is 6.71. The Hall–Kier alpha value is -4.41. The second-order valence-corrected chi connectivity index (χ2v) is 13.5. The average molecular weight is 703 g/mol.